The van der Waals surface area contributed by atoms with Crippen molar-refractivity contribution in [3.8, 4) is 28.6 Å². The molecule has 7 rings (SSSR count). The van der Waals surface area contributed by atoms with Gasteiger partial charge in [-0.25, -0.2) is 19.0 Å². The predicted octanol–water partition coefficient (Wildman–Crippen LogP) is 3.75. The van der Waals surface area contributed by atoms with Gasteiger partial charge in [0.25, 0.3) is 0 Å². The first-order chi connectivity index (χ1) is 17.7. The number of imidazole rings is 1. The van der Waals surface area contributed by atoms with Crippen molar-refractivity contribution in [3.63, 3.8) is 0 Å². The first-order valence-corrected chi connectivity index (χ1v) is 12.0. The molecule has 0 amide bonds. The van der Waals surface area contributed by atoms with Crippen molar-refractivity contribution in [2.24, 2.45) is 0 Å². The largest absolute Gasteiger partial charge is 0.491 e. The maximum Gasteiger partial charge on any atom is 0.167 e. The highest BCUT2D eigenvalue weighted by molar-refractivity contribution is 5.81. The van der Waals surface area contributed by atoms with E-state index in [-0.39, 0.29) is 11.9 Å². The number of likely N-dealkylation sites (N-methyl/N-ethyl adjacent to an activating group) is 1. The molecule has 2 aliphatic rings. The van der Waals surface area contributed by atoms with Gasteiger partial charge in [-0.15, -0.1) is 0 Å². The Bertz CT molecular complexity index is 1570. The van der Waals surface area contributed by atoms with Crippen LogP contribution in [0.1, 0.15) is 11.6 Å². The van der Waals surface area contributed by atoms with E-state index in [1.165, 1.54) is 11.6 Å². The van der Waals surface area contributed by atoms with Crippen LogP contribution in [0.2, 0.25) is 0 Å². The maximum atomic E-state index is 14.9. The third-order valence-electron chi connectivity index (χ3n) is 7.11. The average Bonchev–Trinajstić information content (AvgIpc) is 3.62. The molecule has 5 heterocycles. The molecule has 9 heteroatoms. The predicted molar refractivity (Wildman–Crippen MR) is 134 cm³/mol. The Morgan fingerprint density at radius 2 is 1.92 bits per heavy atom. The van der Waals surface area contributed by atoms with E-state index < -0.39 is 0 Å². The number of aromatic nitrogens is 5. The van der Waals surface area contributed by atoms with Gasteiger partial charge in [-0.1, -0.05) is 18.2 Å². The minimum absolute atomic E-state index is 0.244. The second-order valence-electron chi connectivity index (χ2n) is 9.20. The third-order valence-corrected chi connectivity index (χ3v) is 7.11. The molecule has 0 aliphatic carbocycles. The summed E-state index contributed by atoms with van der Waals surface area (Å²) < 4.78 is 24.7. The minimum atomic E-state index is -0.337. The van der Waals surface area contributed by atoms with Crippen LogP contribution in [0.15, 0.2) is 73.1 Å². The lowest BCUT2D eigenvalue weighted by Gasteiger charge is -2.42. The van der Waals surface area contributed by atoms with E-state index in [0.29, 0.717) is 41.0 Å². The van der Waals surface area contributed by atoms with Crippen LogP contribution in [-0.2, 0) is 0 Å². The molecule has 2 aromatic carbocycles. The Hall–Kier alpha value is -4.08. The molecule has 8 nitrogen and oxygen atoms in total. The first kappa shape index (κ1) is 21.2. The summed E-state index contributed by atoms with van der Waals surface area (Å²) in [5.74, 6) is 1.65. The Kier molecular flexibility index (Phi) is 4.86. The summed E-state index contributed by atoms with van der Waals surface area (Å²) in [6, 6.07) is 19.2. The summed E-state index contributed by atoms with van der Waals surface area (Å²) in [6.45, 7) is 2.65. The number of nitrogens with one attached hydrogen (secondary N) is 1. The van der Waals surface area contributed by atoms with Gasteiger partial charge in [0.15, 0.2) is 11.5 Å². The van der Waals surface area contributed by atoms with Crippen molar-refractivity contribution >= 4 is 11.2 Å². The number of rotatable bonds is 5. The van der Waals surface area contributed by atoms with Crippen LogP contribution in [0.4, 0.5) is 4.39 Å². The molecule has 1 N–H and O–H groups in total. The number of nitrogens with zero attached hydrogens (tertiary/aromatic N) is 6. The molecule has 2 aliphatic heterocycles. The van der Waals surface area contributed by atoms with E-state index in [4.69, 9.17) is 14.7 Å². The molecule has 0 bridgehead atoms. The quantitative estimate of drug-likeness (QED) is 0.412. The maximum absolute atomic E-state index is 14.9. The second kappa shape index (κ2) is 8.25. The van der Waals surface area contributed by atoms with E-state index in [1.807, 2.05) is 54.2 Å². The van der Waals surface area contributed by atoms with Crippen LogP contribution < -0.4 is 10.1 Å². The van der Waals surface area contributed by atoms with Crippen LogP contribution >= 0.6 is 0 Å². The number of likely N-dealkylation sites (tertiary alicyclic amines) is 1. The minimum Gasteiger partial charge on any atom is -0.491 e. The molecule has 0 saturated carbocycles. The fourth-order valence-electron chi connectivity index (χ4n) is 5.12. The van der Waals surface area contributed by atoms with Crippen molar-refractivity contribution in [2.75, 3.05) is 26.7 Å². The van der Waals surface area contributed by atoms with Gasteiger partial charge in [0, 0.05) is 43.2 Å². The van der Waals surface area contributed by atoms with Crippen molar-refractivity contribution < 1.29 is 9.13 Å². The monoisotopic (exact) mass is 481 g/mol. The van der Waals surface area contributed by atoms with Gasteiger partial charge in [-0.05, 0) is 43.4 Å². The van der Waals surface area contributed by atoms with Gasteiger partial charge in [0.1, 0.15) is 29.5 Å². The lowest BCUT2D eigenvalue weighted by molar-refractivity contribution is 0.0667. The molecule has 1 atom stereocenters. The van der Waals surface area contributed by atoms with Crippen LogP contribution in [0.3, 0.4) is 0 Å². The number of hydrogen-bond donors (Lipinski definition) is 1. The van der Waals surface area contributed by atoms with Gasteiger partial charge in [0.2, 0.25) is 0 Å². The Morgan fingerprint density at radius 1 is 1.03 bits per heavy atom. The van der Waals surface area contributed by atoms with Gasteiger partial charge in [0.05, 0.1) is 17.3 Å². The molecule has 0 spiro atoms. The molecule has 3 aromatic heterocycles. The number of ether oxygens (including phenoxy) is 1. The Balaban J connectivity index is 1.37. The Labute approximate surface area is 207 Å². The number of pyridine rings is 1. The fraction of sp³-hybridized carbons (Fsp3) is 0.222. The highest BCUT2D eigenvalue weighted by Crippen LogP contribution is 2.40. The summed E-state index contributed by atoms with van der Waals surface area (Å²) in [5, 5.41) is 7.64. The topological polar surface area (TPSA) is 73.0 Å². The van der Waals surface area contributed by atoms with Gasteiger partial charge >= 0.3 is 0 Å². The lowest BCUT2D eigenvalue weighted by Crippen LogP contribution is -2.58. The number of hydrogen-bond acceptors (Lipinski definition) is 6. The van der Waals surface area contributed by atoms with Crippen molar-refractivity contribution in [2.45, 2.75) is 12.1 Å². The number of benzene rings is 2. The summed E-state index contributed by atoms with van der Waals surface area (Å²) in [6.07, 6.45) is 3.55. The molecule has 1 fully saturated rings. The Morgan fingerprint density at radius 3 is 2.72 bits per heavy atom. The molecular weight excluding hydrogens is 457 g/mol. The van der Waals surface area contributed by atoms with Crippen molar-refractivity contribution in [3.05, 3.63) is 84.4 Å². The van der Waals surface area contributed by atoms with E-state index >= 15 is 0 Å². The third kappa shape index (κ3) is 3.31. The zero-order valence-corrected chi connectivity index (χ0v) is 19.7. The van der Waals surface area contributed by atoms with E-state index in [2.05, 4.69) is 21.4 Å². The van der Waals surface area contributed by atoms with E-state index in [0.717, 1.165) is 24.5 Å². The summed E-state index contributed by atoms with van der Waals surface area (Å²) in [4.78, 5) is 12.1. The fourth-order valence-corrected chi connectivity index (χ4v) is 5.12. The lowest BCUT2D eigenvalue weighted by atomic mass is 10.0. The summed E-state index contributed by atoms with van der Waals surface area (Å²) in [5.41, 5.74) is 3.69. The van der Waals surface area contributed by atoms with Gasteiger partial charge in [-0.2, -0.15) is 5.10 Å². The van der Waals surface area contributed by atoms with Crippen molar-refractivity contribution in [1.29, 1.82) is 0 Å². The molecule has 180 valence electrons. The standard InChI is InChI=1S/C27H24FN7O/c1-29-17-14-33(15-17)23-16-36-24-13-18(7-8-20(23)24)35-26(19-5-2-3-6-21(19)28)31-22-9-10-25(32-27(22)35)34-12-4-11-30-34/h2-13,17,23,29H,14-16H2,1H3/t23-/m0/s1. The molecular formula is C27H24FN7O. The summed E-state index contributed by atoms with van der Waals surface area (Å²) in [7, 11) is 2.00. The van der Waals surface area contributed by atoms with Crippen molar-refractivity contribution in [1.82, 2.24) is 34.5 Å². The number of halogens is 1. The molecule has 0 unspecified atom stereocenters. The molecule has 1 saturated heterocycles. The van der Waals surface area contributed by atoms with Gasteiger partial charge < -0.3 is 10.1 Å². The normalized spacial score (nSPS) is 17.8. The second-order valence-corrected chi connectivity index (χ2v) is 9.20. The SMILES string of the molecule is CNC1CN([C@H]2COc3cc(-n4c(-c5ccccc5F)nc5ccc(-n6cccn6)nc54)ccc32)C1. The van der Waals surface area contributed by atoms with E-state index in [9.17, 15) is 4.39 Å². The van der Waals surface area contributed by atoms with Crippen LogP contribution in [0.25, 0.3) is 34.1 Å². The molecule has 36 heavy (non-hydrogen) atoms. The first-order valence-electron chi connectivity index (χ1n) is 12.0. The molecule has 5 aromatic rings. The van der Waals surface area contributed by atoms with E-state index in [1.54, 1.807) is 23.0 Å². The van der Waals surface area contributed by atoms with Crippen LogP contribution in [0, 0.1) is 5.82 Å². The zero-order valence-electron chi connectivity index (χ0n) is 19.7. The van der Waals surface area contributed by atoms with Gasteiger partial charge in [-0.3, -0.25) is 9.47 Å². The molecule has 0 radical (unpaired) electrons. The zero-order chi connectivity index (χ0) is 24.2. The highest BCUT2D eigenvalue weighted by atomic mass is 19.1. The number of fused-ring (bicyclic) bond motifs is 2. The summed E-state index contributed by atoms with van der Waals surface area (Å²) >= 11 is 0. The van der Waals surface area contributed by atoms with Crippen LogP contribution in [0.5, 0.6) is 5.75 Å². The smallest absolute Gasteiger partial charge is 0.167 e. The average molecular weight is 482 g/mol. The van der Waals surface area contributed by atoms with Crippen LogP contribution in [-0.4, -0.2) is 62.0 Å². The highest BCUT2D eigenvalue weighted by Gasteiger charge is 2.37.